The summed E-state index contributed by atoms with van der Waals surface area (Å²) in [5.74, 6) is 0. The maximum Gasteiger partial charge on any atom is 0.0474 e. The molecule has 0 aromatic heterocycles. The SMILES string of the molecule is CC(C)(C)c1ccc(N(c2ccc(-c3ccccc3)cc2)c2cc(-c3ccc4c(c3)C(C)(C)c3ccccc3-4)c(C(C)(C)C)c(-c3ccc4c(c3)C(C)(C)c3ccccc3-4)c2)cc1. The first kappa shape index (κ1) is 40.6. The molecule has 0 fully saturated rings. The number of rotatable bonds is 6. The second-order valence-electron chi connectivity index (χ2n) is 21.1. The number of nitrogens with zero attached hydrogens (tertiary/aromatic N) is 1. The summed E-state index contributed by atoms with van der Waals surface area (Å²) in [5, 5.41) is 0. The zero-order valence-electron chi connectivity index (χ0n) is 38.7. The highest BCUT2D eigenvalue weighted by atomic mass is 15.1. The van der Waals surface area contributed by atoms with E-state index in [1.165, 1.54) is 89.0 Å². The highest BCUT2D eigenvalue weighted by Gasteiger charge is 2.38. The molecule has 2 aliphatic carbocycles. The van der Waals surface area contributed by atoms with Crippen LogP contribution in [0.4, 0.5) is 17.1 Å². The van der Waals surface area contributed by atoms with Crippen LogP contribution in [0.1, 0.15) is 103 Å². The van der Waals surface area contributed by atoms with Gasteiger partial charge in [0.15, 0.2) is 0 Å². The number of anilines is 3. The average Bonchev–Trinajstić information content (AvgIpc) is 3.65. The van der Waals surface area contributed by atoms with Crippen molar-refractivity contribution in [3.05, 3.63) is 209 Å². The summed E-state index contributed by atoms with van der Waals surface area (Å²) < 4.78 is 0. The van der Waals surface area contributed by atoms with Crippen LogP contribution in [0.2, 0.25) is 0 Å². The molecular weight excluding hydrogens is 759 g/mol. The molecule has 8 aromatic rings. The Hall–Kier alpha value is -6.44. The van der Waals surface area contributed by atoms with Gasteiger partial charge < -0.3 is 4.90 Å². The van der Waals surface area contributed by atoms with Crippen LogP contribution in [-0.4, -0.2) is 0 Å². The Kier molecular flexibility index (Phi) is 9.39. The topological polar surface area (TPSA) is 3.24 Å². The highest BCUT2D eigenvalue weighted by molar-refractivity contribution is 5.92. The molecule has 0 unspecified atom stereocenters. The largest absolute Gasteiger partial charge is 0.310 e. The minimum absolute atomic E-state index is 0.0391. The van der Waals surface area contributed by atoms with Crippen LogP contribution in [0, 0.1) is 0 Å². The Morgan fingerprint density at radius 3 is 1.17 bits per heavy atom. The van der Waals surface area contributed by atoms with Gasteiger partial charge in [0.05, 0.1) is 0 Å². The lowest BCUT2D eigenvalue weighted by atomic mass is 9.75. The van der Waals surface area contributed by atoms with Gasteiger partial charge in [-0.25, -0.2) is 0 Å². The lowest BCUT2D eigenvalue weighted by Gasteiger charge is -2.33. The normalized spacial score (nSPS) is 14.4. The van der Waals surface area contributed by atoms with E-state index in [1.807, 2.05) is 0 Å². The molecule has 312 valence electrons. The number of benzene rings is 8. The van der Waals surface area contributed by atoms with E-state index in [1.54, 1.807) is 0 Å². The van der Waals surface area contributed by atoms with E-state index in [0.29, 0.717) is 0 Å². The van der Waals surface area contributed by atoms with Gasteiger partial charge in [0.25, 0.3) is 0 Å². The average molecular weight is 818 g/mol. The minimum Gasteiger partial charge on any atom is -0.310 e. The molecule has 0 saturated heterocycles. The number of hydrogen-bond donors (Lipinski definition) is 0. The van der Waals surface area contributed by atoms with Crippen LogP contribution in [-0.2, 0) is 21.7 Å². The molecule has 0 atom stereocenters. The summed E-state index contributed by atoms with van der Waals surface area (Å²) in [6.45, 7) is 23.6. The Morgan fingerprint density at radius 2 is 0.714 bits per heavy atom. The van der Waals surface area contributed by atoms with Gasteiger partial charge in [-0.2, -0.15) is 0 Å². The third kappa shape index (κ3) is 6.76. The summed E-state index contributed by atoms with van der Waals surface area (Å²) in [7, 11) is 0. The summed E-state index contributed by atoms with van der Waals surface area (Å²) in [6.07, 6.45) is 0. The van der Waals surface area contributed by atoms with Gasteiger partial charge in [-0.15, -0.1) is 0 Å². The lowest BCUT2D eigenvalue weighted by Crippen LogP contribution is -2.18. The fraction of sp³-hybridized carbons (Fsp3) is 0.226. The molecule has 0 N–H and O–H groups in total. The quantitative estimate of drug-likeness (QED) is 0.162. The zero-order chi connectivity index (χ0) is 44.1. The molecular formula is C62H59N. The smallest absolute Gasteiger partial charge is 0.0474 e. The third-order valence-corrected chi connectivity index (χ3v) is 14.1. The van der Waals surface area contributed by atoms with Gasteiger partial charge in [0.2, 0.25) is 0 Å². The molecule has 0 spiro atoms. The summed E-state index contributed by atoms with van der Waals surface area (Å²) >= 11 is 0. The molecule has 0 aliphatic heterocycles. The molecule has 0 amide bonds. The first-order valence-electron chi connectivity index (χ1n) is 22.8. The fourth-order valence-corrected chi connectivity index (χ4v) is 10.8. The predicted octanol–water partition coefficient (Wildman–Crippen LogP) is 17.4. The van der Waals surface area contributed by atoms with E-state index in [4.69, 9.17) is 0 Å². The first-order chi connectivity index (χ1) is 30.0. The van der Waals surface area contributed by atoms with Crippen LogP contribution in [0.25, 0.3) is 55.6 Å². The maximum atomic E-state index is 2.51. The molecule has 63 heavy (non-hydrogen) atoms. The van der Waals surface area contributed by atoms with Crippen LogP contribution < -0.4 is 4.90 Å². The van der Waals surface area contributed by atoms with Gasteiger partial charge in [-0.3, -0.25) is 0 Å². The van der Waals surface area contributed by atoms with Crippen molar-refractivity contribution in [3.8, 4) is 55.6 Å². The van der Waals surface area contributed by atoms with Crippen molar-refractivity contribution < 1.29 is 0 Å². The van der Waals surface area contributed by atoms with Crippen molar-refractivity contribution in [1.29, 1.82) is 0 Å². The molecule has 10 rings (SSSR count). The van der Waals surface area contributed by atoms with E-state index in [0.717, 1.165) is 17.1 Å². The van der Waals surface area contributed by atoms with E-state index >= 15 is 0 Å². The van der Waals surface area contributed by atoms with E-state index < -0.39 is 0 Å². The van der Waals surface area contributed by atoms with Gasteiger partial charge in [0, 0.05) is 27.9 Å². The minimum atomic E-state index is -0.186. The van der Waals surface area contributed by atoms with Crippen molar-refractivity contribution in [2.75, 3.05) is 4.90 Å². The molecule has 0 saturated carbocycles. The zero-order valence-corrected chi connectivity index (χ0v) is 38.7. The summed E-state index contributed by atoms with van der Waals surface area (Å²) in [4.78, 5) is 2.47. The summed E-state index contributed by atoms with van der Waals surface area (Å²) in [6, 6.07) is 66.5. The van der Waals surface area contributed by atoms with E-state index in [2.05, 4.69) is 250 Å². The monoisotopic (exact) mass is 817 g/mol. The standard InChI is InChI=1S/C62H59N/c1-59(2,3)44-28-32-46(33-29-44)63(45-30-24-41(25-31-45)40-18-12-11-13-19-40)47-38-52(42-26-34-50-48-20-14-16-22-54(48)61(7,8)56(50)36-42)58(60(4,5)6)53(39-47)43-27-35-51-49-21-15-17-23-55(49)62(9,10)57(51)37-43/h11-39H,1-10H3. The fourth-order valence-electron chi connectivity index (χ4n) is 10.8. The van der Waals surface area contributed by atoms with Crippen LogP contribution in [0.5, 0.6) is 0 Å². The van der Waals surface area contributed by atoms with Crippen LogP contribution in [0.15, 0.2) is 176 Å². The molecule has 0 radical (unpaired) electrons. The molecule has 1 heteroatoms. The molecule has 0 bridgehead atoms. The van der Waals surface area contributed by atoms with Gasteiger partial charge >= 0.3 is 0 Å². The molecule has 0 heterocycles. The van der Waals surface area contributed by atoms with Crippen molar-refractivity contribution in [2.45, 2.75) is 90.9 Å². The van der Waals surface area contributed by atoms with Crippen molar-refractivity contribution >= 4 is 17.1 Å². The Bertz CT molecular complexity index is 2910. The first-order valence-corrected chi connectivity index (χ1v) is 22.8. The third-order valence-electron chi connectivity index (χ3n) is 14.1. The van der Waals surface area contributed by atoms with Crippen LogP contribution >= 0.6 is 0 Å². The highest BCUT2D eigenvalue weighted by Crippen LogP contribution is 2.54. The predicted molar refractivity (Wildman–Crippen MR) is 270 cm³/mol. The van der Waals surface area contributed by atoms with E-state index in [-0.39, 0.29) is 21.7 Å². The van der Waals surface area contributed by atoms with E-state index in [9.17, 15) is 0 Å². The Labute approximate surface area is 376 Å². The number of fused-ring (bicyclic) bond motifs is 6. The maximum absolute atomic E-state index is 2.51. The summed E-state index contributed by atoms with van der Waals surface area (Å²) in [5.41, 5.74) is 24.1. The van der Waals surface area contributed by atoms with Crippen molar-refractivity contribution in [3.63, 3.8) is 0 Å². The molecule has 2 aliphatic rings. The molecule has 1 nitrogen and oxygen atoms in total. The second kappa shape index (κ2) is 14.6. The van der Waals surface area contributed by atoms with Gasteiger partial charge in [-0.1, -0.05) is 197 Å². The van der Waals surface area contributed by atoms with Crippen LogP contribution in [0.3, 0.4) is 0 Å². The van der Waals surface area contributed by atoms with Crippen molar-refractivity contribution in [1.82, 2.24) is 0 Å². The lowest BCUT2D eigenvalue weighted by molar-refractivity contribution is 0.590. The second-order valence-corrected chi connectivity index (χ2v) is 21.1. The molecule has 8 aromatic carbocycles. The van der Waals surface area contributed by atoms with Gasteiger partial charge in [-0.05, 0) is 148 Å². The Morgan fingerprint density at radius 1 is 0.317 bits per heavy atom. The van der Waals surface area contributed by atoms with Gasteiger partial charge in [0.1, 0.15) is 0 Å². The Balaban J connectivity index is 1.25. The van der Waals surface area contributed by atoms with Crippen molar-refractivity contribution in [2.24, 2.45) is 0 Å². The number of hydrogen-bond acceptors (Lipinski definition) is 1.